The van der Waals surface area contributed by atoms with Crippen LogP contribution in [0.2, 0.25) is 0 Å². The molecule has 7 nitrogen and oxygen atoms in total. The molecule has 1 rings (SSSR count). The fourth-order valence-electron chi connectivity index (χ4n) is 1.78. The third-order valence-electron chi connectivity index (χ3n) is 2.50. The predicted octanol–water partition coefficient (Wildman–Crippen LogP) is 2.46. The second kappa shape index (κ2) is 7.28. The number of benzene rings is 1. The van der Waals surface area contributed by atoms with Crippen LogP contribution in [0.1, 0.15) is 13.8 Å². The van der Waals surface area contributed by atoms with Crippen molar-refractivity contribution in [2.75, 3.05) is 18.0 Å². The van der Waals surface area contributed by atoms with Crippen molar-refractivity contribution in [1.82, 2.24) is 0 Å². The van der Waals surface area contributed by atoms with Gasteiger partial charge in [0.2, 0.25) is 0 Å². The molecular weight excluding hydrogens is 276 g/mol. The van der Waals surface area contributed by atoms with Crippen molar-refractivity contribution in [3.63, 3.8) is 0 Å². The number of nitro benzene ring substituents is 1. The van der Waals surface area contributed by atoms with E-state index < -0.39 is 10.9 Å². The first-order chi connectivity index (χ1) is 9.83. The van der Waals surface area contributed by atoms with Crippen LogP contribution in [-0.4, -0.2) is 35.2 Å². The summed E-state index contributed by atoms with van der Waals surface area (Å²) >= 11 is 0. The normalized spacial score (nSPS) is 10.2. The van der Waals surface area contributed by atoms with Crippen LogP contribution in [0.25, 0.3) is 0 Å². The zero-order chi connectivity index (χ0) is 16.0. The van der Waals surface area contributed by atoms with E-state index in [2.05, 4.69) is 6.58 Å². The van der Waals surface area contributed by atoms with Gasteiger partial charge >= 0.3 is 5.97 Å². The molecule has 0 bridgehead atoms. The van der Waals surface area contributed by atoms with Crippen LogP contribution in [0.4, 0.5) is 11.4 Å². The average molecular weight is 294 g/mol. The number of hydrogen-bond acceptors (Lipinski definition) is 5. The lowest BCUT2D eigenvalue weighted by Gasteiger charge is -2.22. The van der Waals surface area contributed by atoms with Gasteiger partial charge in [0, 0.05) is 24.4 Å². The van der Waals surface area contributed by atoms with E-state index in [1.165, 1.54) is 23.1 Å². The molecule has 0 saturated carbocycles. The molecule has 1 aromatic carbocycles. The Kier molecular flexibility index (Phi) is 5.71. The molecule has 1 N–H and O–H groups in total. The van der Waals surface area contributed by atoms with Crippen molar-refractivity contribution in [3.05, 3.63) is 41.0 Å². The molecule has 0 saturated heterocycles. The number of rotatable bonds is 8. The maximum atomic E-state index is 11.0. The van der Waals surface area contributed by atoms with Crippen LogP contribution < -0.4 is 9.64 Å². The van der Waals surface area contributed by atoms with E-state index in [-0.39, 0.29) is 24.9 Å². The van der Waals surface area contributed by atoms with Crippen LogP contribution in [0.5, 0.6) is 5.75 Å². The number of non-ortho nitro benzene ring substituents is 1. The highest BCUT2D eigenvalue weighted by atomic mass is 16.6. The third-order valence-corrected chi connectivity index (χ3v) is 2.50. The number of ether oxygens (including phenoxy) is 1. The molecule has 0 fully saturated rings. The highest BCUT2D eigenvalue weighted by Gasteiger charge is 2.16. The topological polar surface area (TPSA) is 92.9 Å². The molecule has 0 unspecified atom stereocenters. The van der Waals surface area contributed by atoms with Gasteiger partial charge in [-0.2, -0.15) is 0 Å². The van der Waals surface area contributed by atoms with Crippen molar-refractivity contribution in [2.24, 2.45) is 0 Å². The lowest BCUT2D eigenvalue weighted by atomic mass is 10.2. The van der Waals surface area contributed by atoms with Crippen LogP contribution >= 0.6 is 0 Å². The van der Waals surface area contributed by atoms with Crippen LogP contribution in [-0.2, 0) is 4.79 Å². The van der Waals surface area contributed by atoms with Gasteiger partial charge in [0.15, 0.2) is 0 Å². The van der Waals surface area contributed by atoms with Crippen molar-refractivity contribution in [3.8, 4) is 5.75 Å². The molecular formula is C14H18N2O5. The smallest absolute Gasteiger partial charge is 0.323 e. The summed E-state index contributed by atoms with van der Waals surface area (Å²) in [6, 6.07) is 4.22. The largest absolute Gasteiger partial charge is 0.491 e. The van der Waals surface area contributed by atoms with Crippen LogP contribution in [0.3, 0.4) is 0 Å². The van der Waals surface area contributed by atoms with Gasteiger partial charge in [-0.1, -0.05) is 6.08 Å². The Bertz CT molecular complexity index is 542. The summed E-state index contributed by atoms with van der Waals surface area (Å²) in [5, 5.41) is 19.9. The molecule has 7 heteroatoms. The predicted molar refractivity (Wildman–Crippen MR) is 78.9 cm³/mol. The maximum absolute atomic E-state index is 11.0. The molecule has 0 aliphatic heterocycles. The standard InChI is InChI=1S/C14H18N2O5/c1-4-5-15(9-14(17)18)11-6-12(16(19)20)8-13(7-11)21-10(2)3/h4,6-8,10H,1,5,9H2,2-3H3,(H,17,18). The SMILES string of the molecule is C=CCN(CC(=O)O)c1cc(OC(C)C)cc([N+](=O)[O-])c1. The van der Waals surface area contributed by atoms with E-state index in [0.717, 1.165) is 0 Å². The Balaban J connectivity index is 3.23. The van der Waals surface area contributed by atoms with Crippen molar-refractivity contribution < 1.29 is 19.6 Å². The van der Waals surface area contributed by atoms with Gasteiger partial charge < -0.3 is 14.7 Å². The fraction of sp³-hybridized carbons (Fsp3) is 0.357. The molecule has 0 atom stereocenters. The minimum Gasteiger partial charge on any atom is -0.491 e. The highest BCUT2D eigenvalue weighted by molar-refractivity contribution is 5.74. The van der Waals surface area contributed by atoms with Crippen molar-refractivity contribution in [2.45, 2.75) is 20.0 Å². The number of carboxylic acid groups (broad SMARTS) is 1. The Labute approximate surface area is 122 Å². The summed E-state index contributed by atoms with van der Waals surface area (Å²) in [7, 11) is 0. The van der Waals surface area contributed by atoms with Crippen LogP contribution in [0, 0.1) is 10.1 Å². The highest BCUT2D eigenvalue weighted by Crippen LogP contribution is 2.29. The Hall–Kier alpha value is -2.57. The van der Waals surface area contributed by atoms with Crippen molar-refractivity contribution in [1.29, 1.82) is 0 Å². The zero-order valence-corrected chi connectivity index (χ0v) is 12.0. The fourth-order valence-corrected chi connectivity index (χ4v) is 1.78. The Morgan fingerprint density at radius 1 is 1.52 bits per heavy atom. The maximum Gasteiger partial charge on any atom is 0.323 e. The first-order valence-corrected chi connectivity index (χ1v) is 6.37. The zero-order valence-electron chi connectivity index (χ0n) is 12.0. The van der Waals surface area contributed by atoms with Gasteiger partial charge in [-0.3, -0.25) is 14.9 Å². The first-order valence-electron chi connectivity index (χ1n) is 6.37. The molecule has 0 amide bonds. The summed E-state index contributed by atoms with van der Waals surface area (Å²) in [5.41, 5.74) is 0.254. The lowest BCUT2D eigenvalue weighted by molar-refractivity contribution is -0.384. The molecule has 0 aliphatic rings. The van der Waals surface area contributed by atoms with E-state index in [1.807, 2.05) is 0 Å². The van der Waals surface area contributed by atoms with E-state index in [1.54, 1.807) is 19.9 Å². The van der Waals surface area contributed by atoms with E-state index in [0.29, 0.717) is 11.4 Å². The number of carboxylic acids is 1. The molecule has 0 spiro atoms. The Morgan fingerprint density at radius 3 is 2.67 bits per heavy atom. The molecule has 0 aliphatic carbocycles. The number of hydrogen-bond donors (Lipinski definition) is 1. The number of nitrogens with zero attached hydrogens (tertiary/aromatic N) is 2. The summed E-state index contributed by atoms with van der Waals surface area (Å²) in [6.07, 6.45) is 1.39. The second-order valence-electron chi connectivity index (χ2n) is 4.67. The van der Waals surface area contributed by atoms with Crippen molar-refractivity contribution >= 4 is 17.3 Å². The monoisotopic (exact) mass is 294 g/mol. The molecule has 21 heavy (non-hydrogen) atoms. The van der Waals surface area contributed by atoms with E-state index in [9.17, 15) is 14.9 Å². The van der Waals surface area contributed by atoms with Gasteiger partial charge in [-0.15, -0.1) is 6.58 Å². The number of anilines is 1. The number of aliphatic carboxylic acids is 1. The summed E-state index contributed by atoms with van der Waals surface area (Å²) in [6.45, 7) is 7.14. The second-order valence-corrected chi connectivity index (χ2v) is 4.67. The minimum atomic E-state index is -1.03. The molecule has 1 aromatic rings. The van der Waals surface area contributed by atoms with Crippen LogP contribution in [0.15, 0.2) is 30.9 Å². The quantitative estimate of drug-likeness (QED) is 0.450. The molecule has 0 radical (unpaired) electrons. The van der Waals surface area contributed by atoms with Gasteiger partial charge in [-0.25, -0.2) is 0 Å². The van der Waals surface area contributed by atoms with Gasteiger partial charge in [0.05, 0.1) is 17.1 Å². The number of carbonyl (C=O) groups is 1. The van der Waals surface area contributed by atoms with E-state index in [4.69, 9.17) is 9.84 Å². The van der Waals surface area contributed by atoms with Gasteiger partial charge in [0.1, 0.15) is 12.3 Å². The molecule has 0 heterocycles. The Morgan fingerprint density at radius 2 is 2.19 bits per heavy atom. The summed E-state index contributed by atoms with van der Waals surface area (Å²) in [5.74, 6) is -0.705. The molecule has 114 valence electrons. The third kappa shape index (κ3) is 5.13. The average Bonchev–Trinajstić information content (AvgIpc) is 2.36. The minimum absolute atomic E-state index is 0.146. The molecule has 0 aromatic heterocycles. The summed E-state index contributed by atoms with van der Waals surface area (Å²) in [4.78, 5) is 22.8. The first kappa shape index (κ1) is 16.5. The summed E-state index contributed by atoms with van der Waals surface area (Å²) < 4.78 is 5.47. The van der Waals surface area contributed by atoms with E-state index >= 15 is 0 Å². The lowest BCUT2D eigenvalue weighted by Crippen LogP contribution is -2.29. The number of nitro groups is 1. The van der Waals surface area contributed by atoms with Gasteiger partial charge in [-0.05, 0) is 13.8 Å². The van der Waals surface area contributed by atoms with Gasteiger partial charge in [0.25, 0.3) is 5.69 Å².